The first-order valence-electron chi connectivity index (χ1n) is 2.42. The van der Waals surface area contributed by atoms with E-state index >= 15 is 0 Å². The average Bonchev–Trinajstić information content (AvgIpc) is 1.64. The quantitative estimate of drug-likeness (QED) is 0.491. The summed E-state index contributed by atoms with van der Waals surface area (Å²) < 4.78 is 0. The largest absolute Gasteiger partial charge is 0.477 e. The van der Waals surface area contributed by atoms with Gasteiger partial charge >= 0.3 is 5.97 Å². The minimum atomic E-state index is -1.01. The zero-order chi connectivity index (χ0) is 7.44. The maximum atomic E-state index is 10.2. The molecule has 0 saturated carbocycles. The van der Waals surface area contributed by atoms with E-state index in [0.717, 1.165) is 6.20 Å². The van der Waals surface area contributed by atoms with Crippen LogP contribution in [0, 0.1) is 0 Å². The second-order valence-corrected chi connectivity index (χ2v) is 1.75. The van der Waals surface area contributed by atoms with Gasteiger partial charge in [0.2, 0.25) is 0 Å². The Morgan fingerprint density at radius 3 is 2.11 bits per heavy atom. The van der Waals surface area contributed by atoms with Crippen molar-refractivity contribution in [2.75, 3.05) is 14.1 Å². The molecule has 0 aromatic rings. The second kappa shape index (κ2) is 2.96. The molecule has 0 aliphatic carbocycles. The second-order valence-electron chi connectivity index (χ2n) is 1.75. The Labute approximate surface area is 53.6 Å². The fraction of sp³-hybridized carbons (Fsp3) is 0.400. The molecule has 0 atom stereocenters. The van der Waals surface area contributed by atoms with Gasteiger partial charge in [0.1, 0.15) is 5.70 Å². The van der Waals surface area contributed by atoms with Gasteiger partial charge < -0.3 is 15.7 Å². The summed E-state index contributed by atoms with van der Waals surface area (Å²) >= 11 is 0. The summed E-state index contributed by atoms with van der Waals surface area (Å²) in [6, 6.07) is 0. The van der Waals surface area contributed by atoms with Crippen LogP contribution in [-0.2, 0) is 4.79 Å². The van der Waals surface area contributed by atoms with Gasteiger partial charge in [0.25, 0.3) is 0 Å². The van der Waals surface area contributed by atoms with Crippen molar-refractivity contribution in [3.63, 3.8) is 0 Å². The molecule has 0 aromatic heterocycles. The molecule has 0 unspecified atom stereocenters. The number of carboxylic acid groups (broad SMARTS) is 1. The zero-order valence-corrected chi connectivity index (χ0v) is 5.46. The normalized spacial score (nSPS) is 11.1. The van der Waals surface area contributed by atoms with Gasteiger partial charge in [-0.1, -0.05) is 0 Å². The predicted molar refractivity (Wildman–Crippen MR) is 33.6 cm³/mol. The van der Waals surface area contributed by atoms with Crippen LogP contribution in [0.2, 0.25) is 0 Å². The van der Waals surface area contributed by atoms with Crippen LogP contribution in [0.25, 0.3) is 0 Å². The monoisotopic (exact) mass is 130 g/mol. The number of nitrogens with two attached hydrogens (primary N) is 1. The Hall–Kier alpha value is -1.19. The van der Waals surface area contributed by atoms with Crippen molar-refractivity contribution in [2.45, 2.75) is 0 Å². The van der Waals surface area contributed by atoms with Crippen molar-refractivity contribution in [1.29, 1.82) is 0 Å². The molecule has 9 heavy (non-hydrogen) atoms. The van der Waals surface area contributed by atoms with Crippen LogP contribution in [0.15, 0.2) is 11.9 Å². The van der Waals surface area contributed by atoms with Crippen molar-refractivity contribution < 1.29 is 9.90 Å². The molecule has 0 spiro atoms. The molecule has 0 aromatic carbocycles. The highest BCUT2D eigenvalue weighted by Crippen LogP contribution is 1.93. The molecule has 0 aliphatic heterocycles. The molecule has 4 nitrogen and oxygen atoms in total. The Bertz CT molecular complexity index is 140. The summed E-state index contributed by atoms with van der Waals surface area (Å²) in [6.45, 7) is 0. The van der Waals surface area contributed by atoms with Gasteiger partial charge in [-0.2, -0.15) is 0 Å². The van der Waals surface area contributed by atoms with E-state index in [1.165, 1.54) is 4.90 Å². The van der Waals surface area contributed by atoms with Gasteiger partial charge in [-0.25, -0.2) is 4.79 Å². The maximum Gasteiger partial charge on any atom is 0.353 e. The number of aliphatic carboxylic acids is 1. The number of rotatable bonds is 2. The number of hydrogen-bond acceptors (Lipinski definition) is 3. The number of likely N-dealkylation sites (N-methyl/N-ethyl adjacent to an activating group) is 1. The molecule has 3 N–H and O–H groups in total. The van der Waals surface area contributed by atoms with Crippen LogP contribution < -0.4 is 5.73 Å². The summed E-state index contributed by atoms with van der Waals surface area (Å²) in [6.07, 6.45) is 1.06. The first-order valence-corrected chi connectivity index (χ1v) is 2.42. The third kappa shape index (κ3) is 2.03. The third-order valence-corrected chi connectivity index (χ3v) is 0.859. The van der Waals surface area contributed by atoms with E-state index < -0.39 is 5.97 Å². The van der Waals surface area contributed by atoms with Crippen molar-refractivity contribution >= 4 is 5.97 Å². The summed E-state index contributed by atoms with van der Waals surface area (Å²) in [4.78, 5) is 11.6. The van der Waals surface area contributed by atoms with E-state index in [4.69, 9.17) is 10.8 Å². The Balaban J connectivity index is 4.19. The van der Waals surface area contributed by atoms with E-state index in [9.17, 15) is 4.79 Å². The molecule has 0 radical (unpaired) electrons. The van der Waals surface area contributed by atoms with E-state index in [-0.39, 0.29) is 5.70 Å². The van der Waals surface area contributed by atoms with Crippen LogP contribution in [0.5, 0.6) is 0 Å². The van der Waals surface area contributed by atoms with Crippen molar-refractivity contribution in [3.8, 4) is 0 Å². The summed E-state index contributed by atoms with van der Waals surface area (Å²) in [5.41, 5.74) is 5.08. The lowest BCUT2D eigenvalue weighted by Gasteiger charge is -2.10. The molecular weight excluding hydrogens is 120 g/mol. The highest BCUT2D eigenvalue weighted by molar-refractivity contribution is 5.85. The van der Waals surface area contributed by atoms with Gasteiger partial charge in [-0.15, -0.1) is 0 Å². The van der Waals surface area contributed by atoms with Crippen LogP contribution >= 0.6 is 0 Å². The van der Waals surface area contributed by atoms with E-state index in [2.05, 4.69) is 0 Å². The summed E-state index contributed by atoms with van der Waals surface area (Å²) in [5, 5.41) is 8.35. The van der Waals surface area contributed by atoms with Crippen LogP contribution in [-0.4, -0.2) is 30.1 Å². The lowest BCUT2D eigenvalue weighted by atomic mass is 10.4. The first-order chi connectivity index (χ1) is 4.09. The van der Waals surface area contributed by atoms with Gasteiger partial charge in [-0.05, 0) is 0 Å². The minimum absolute atomic E-state index is 0.0926. The smallest absolute Gasteiger partial charge is 0.353 e. The number of nitrogens with zero attached hydrogens (tertiary/aromatic N) is 1. The number of carbonyl (C=O) groups is 1. The van der Waals surface area contributed by atoms with Crippen molar-refractivity contribution in [2.24, 2.45) is 5.73 Å². The maximum absolute atomic E-state index is 10.2. The van der Waals surface area contributed by atoms with Crippen molar-refractivity contribution in [1.82, 2.24) is 4.90 Å². The topological polar surface area (TPSA) is 66.6 Å². The van der Waals surface area contributed by atoms with E-state index in [1.807, 2.05) is 0 Å². The Morgan fingerprint density at radius 1 is 1.67 bits per heavy atom. The molecule has 0 amide bonds. The summed E-state index contributed by atoms with van der Waals surface area (Å²) in [7, 11) is 3.24. The number of hydrogen-bond donors (Lipinski definition) is 2. The highest BCUT2D eigenvalue weighted by atomic mass is 16.4. The fourth-order valence-electron chi connectivity index (χ4n) is 0.412. The zero-order valence-electron chi connectivity index (χ0n) is 5.46. The molecule has 0 heterocycles. The molecule has 0 rings (SSSR count). The fourth-order valence-corrected chi connectivity index (χ4v) is 0.412. The lowest BCUT2D eigenvalue weighted by molar-refractivity contribution is -0.134. The van der Waals surface area contributed by atoms with Crippen LogP contribution in [0.4, 0.5) is 0 Å². The van der Waals surface area contributed by atoms with Crippen LogP contribution in [0.3, 0.4) is 0 Å². The van der Waals surface area contributed by atoms with Gasteiger partial charge in [0.05, 0.1) is 0 Å². The van der Waals surface area contributed by atoms with Gasteiger partial charge in [-0.3, -0.25) is 0 Å². The molecule has 0 fully saturated rings. The Kier molecular flexibility index (Phi) is 2.57. The molecule has 0 bridgehead atoms. The SMILES string of the molecule is CN(C)/C(=C\N)C(=O)O. The summed E-state index contributed by atoms with van der Waals surface area (Å²) in [5.74, 6) is -1.01. The highest BCUT2D eigenvalue weighted by Gasteiger charge is 2.06. The van der Waals surface area contributed by atoms with Gasteiger partial charge in [0, 0.05) is 20.3 Å². The third-order valence-electron chi connectivity index (χ3n) is 0.859. The standard InChI is InChI=1S/C5H10N2O2/c1-7(2)4(3-6)5(8)9/h3H,6H2,1-2H3,(H,8,9)/b4-3-. The van der Waals surface area contributed by atoms with Gasteiger partial charge in [0.15, 0.2) is 0 Å². The predicted octanol–water partition coefficient (Wildman–Crippen LogP) is -0.567. The first kappa shape index (κ1) is 7.81. The van der Waals surface area contributed by atoms with E-state index in [1.54, 1.807) is 14.1 Å². The number of carboxylic acids is 1. The molecule has 52 valence electrons. The molecule has 4 heteroatoms. The molecule has 0 aliphatic rings. The molecule has 0 saturated heterocycles. The average molecular weight is 130 g/mol. The van der Waals surface area contributed by atoms with Crippen LogP contribution in [0.1, 0.15) is 0 Å². The van der Waals surface area contributed by atoms with E-state index in [0.29, 0.717) is 0 Å². The minimum Gasteiger partial charge on any atom is -0.477 e. The molecular formula is C5H10N2O2. The van der Waals surface area contributed by atoms with Crippen molar-refractivity contribution in [3.05, 3.63) is 11.9 Å². The lowest BCUT2D eigenvalue weighted by Crippen LogP contribution is -2.19. The Morgan fingerprint density at radius 2 is 2.11 bits per heavy atom.